The molecule has 0 aliphatic heterocycles. The number of carbonyl (C=O) groups excluding carboxylic acids is 1. The van der Waals surface area contributed by atoms with Crippen LogP contribution in [0.2, 0.25) is 0 Å². The molecule has 1 aliphatic carbocycles. The first kappa shape index (κ1) is 19.5. The summed E-state index contributed by atoms with van der Waals surface area (Å²) in [6.07, 6.45) is -0.705. The van der Waals surface area contributed by atoms with Crippen molar-refractivity contribution in [2.75, 3.05) is 18.5 Å². The lowest BCUT2D eigenvalue weighted by Crippen LogP contribution is -2.19. The van der Waals surface area contributed by atoms with Crippen LogP contribution >= 0.6 is 0 Å². The number of aromatic carboxylic acids is 1. The van der Waals surface area contributed by atoms with Crippen molar-refractivity contribution in [1.29, 1.82) is 0 Å². The Labute approximate surface area is 174 Å². The number of rotatable bonds is 6. The minimum absolute atomic E-state index is 0.0607. The van der Waals surface area contributed by atoms with Crippen LogP contribution in [0.15, 0.2) is 66.7 Å². The molecule has 6 nitrogen and oxygen atoms in total. The maximum absolute atomic E-state index is 12.4. The molecule has 0 fully saturated rings. The van der Waals surface area contributed by atoms with Crippen molar-refractivity contribution in [3.8, 4) is 16.9 Å². The minimum atomic E-state index is -1.16. The molecule has 0 heterocycles. The van der Waals surface area contributed by atoms with Gasteiger partial charge in [0, 0.05) is 5.92 Å². The third-order valence-electron chi connectivity index (χ3n) is 5.11. The average Bonchev–Trinajstić information content (AvgIpc) is 3.07. The van der Waals surface area contributed by atoms with Crippen molar-refractivity contribution in [2.24, 2.45) is 0 Å². The fourth-order valence-electron chi connectivity index (χ4n) is 3.81. The predicted molar refractivity (Wildman–Crippen MR) is 113 cm³/mol. The molecule has 30 heavy (non-hydrogen) atoms. The van der Waals surface area contributed by atoms with Crippen LogP contribution in [-0.2, 0) is 4.74 Å². The monoisotopic (exact) mass is 403 g/mol. The molecule has 0 bridgehead atoms. The zero-order valence-corrected chi connectivity index (χ0v) is 16.4. The van der Waals surface area contributed by atoms with Crippen molar-refractivity contribution in [3.05, 3.63) is 83.4 Å². The summed E-state index contributed by atoms with van der Waals surface area (Å²) in [6.45, 7) is 2.38. The smallest absolute Gasteiger partial charge is 0.411 e. The molecule has 1 aliphatic rings. The lowest BCUT2D eigenvalue weighted by Gasteiger charge is -2.15. The van der Waals surface area contributed by atoms with Gasteiger partial charge in [0.05, 0.1) is 17.9 Å². The molecular formula is C24H21NO5. The van der Waals surface area contributed by atoms with E-state index in [2.05, 4.69) is 17.4 Å². The van der Waals surface area contributed by atoms with Crippen LogP contribution in [0.4, 0.5) is 10.5 Å². The highest BCUT2D eigenvalue weighted by Crippen LogP contribution is 2.44. The van der Waals surface area contributed by atoms with Gasteiger partial charge in [-0.25, -0.2) is 9.59 Å². The van der Waals surface area contributed by atoms with Crippen LogP contribution < -0.4 is 10.1 Å². The molecule has 0 saturated heterocycles. The topological polar surface area (TPSA) is 84.9 Å². The van der Waals surface area contributed by atoms with Crippen LogP contribution in [0.25, 0.3) is 11.1 Å². The maximum atomic E-state index is 12.4. The number of ether oxygens (including phenoxy) is 2. The van der Waals surface area contributed by atoms with Gasteiger partial charge in [-0.3, -0.25) is 5.32 Å². The third kappa shape index (κ3) is 3.72. The first-order chi connectivity index (χ1) is 14.6. The number of amides is 1. The summed E-state index contributed by atoms with van der Waals surface area (Å²) in [4.78, 5) is 24.0. The molecule has 6 heteroatoms. The average molecular weight is 403 g/mol. The van der Waals surface area contributed by atoms with Crippen LogP contribution in [0, 0.1) is 0 Å². The molecule has 0 spiro atoms. The summed E-state index contributed by atoms with van der Waals surface area (Å²) >= 11 is 0. The highest BCUT2D eigenvalue weighted by Gasteiger charge is 2.29. The number of carboxylic acids is 1. The van der Waals surface area contributed by atoms with Gasteiger partial charge in [-0.2, -0.15) is 0 Å². The molecule has 0 aromatic heterocycles. The number of hydrogen-bond acceptors (Lipinski definition) is 4. The Morgan fingerprint density at radius 3 is 2.20 bits per heavy atom. The Morgan fingerprint density at radius 1 is 0.967 bits per heavy atom. The van der Waals surface area contributed by atoms with Gasteiger partial charge in [0.15, 0.2) is 0 Å². The Balaban J connectivity index is 1.49. The van der Waals surface area contributed by atoms with Crippen molar-refractivity contribution in [3.63, 3.8) is 0 Å². The van der Waals surface area contributed by atoms with Gasteiger partial charge in [-0.05, 0) is 47.4 Å². The second kappa shape index (κ2) is 8.29. The molecule has 152 valence electrons. The molecule has 2 N–H and O–H groups in total. The molecule has 3 aromatic carbocycles. The second-order valence-corrected chi connectivity index (χ2v) is 6.90. The summed E-state index contributed by atoms with van der Waals surface area (Å²) in [5, 5.41) is 12.0. The summed E-state index contributed by atoms with van der Waals surface area (Å²) < 4.78 is 10.8. The van der Waals surface area contributed by atoms with E-state index < -0.39 is 12.1 Å². The van der Waals surface area contributed by atoms with E-state index in [1.54, 1.807) is 6.07 Å². The summed E-state index contributed by atoms with van der Waals surface area (Å²) in [5.41, 5.74) is 4.60. The van der Waals surface area contributed by atoms with Gasteiger partial charge in [0.25, 0.3) is 0 Å². The summed E-state index contributed by atoms with van der Waals surface area (Å²) in [6, 6.07) is 20.6. The molecule has 1 amide bonds. The van der Waals surface area contributed by atoms with Gasteiger partial charge >= 0.3 is 12.1 Å². The molecule has 0 atom stereocenters. The largest absolute Gasteiger partial charge is 0.494 e. The highest BCUT2D eigenvalue weighted by atomic mass is 16.5. The van der Waals surface area contributed by atoms with E-state index in [1.165, 1.54) is 12.1 Å². The Hall–Kier alpha value is -3.80. The number of carboxylic acid groups (broad SMARTS) is 1. The maximum Gasteiger partial charge on any atom is 0.411 e. The van der Waals surface area contributed by atoms with Crippen LogP contribution in [0.5, 0.6) is 5.75 Å². The SMILES string of the molecule is CCOc1ccc(NC(=O)OCC2c3ccccc3-c3ccccc32)c(C(=O)O)c1. The van der Waals surface area contributed by atoms with Crippen LogP contribution in [0.1, 0.15) is 34.3 Å². The van der Waals surface area contributed by atoms with Gasteiger partial charge in [0.1, 0.15) is 12.4 Å². The Bertz CT molecular complexity index is 1060. The normalized spacial score (nSPS) is 12.0. The molecular weight excluding hydrogens is 382 g/mol. The van der Waals surface area contributed by atoms with Crippen molar-refractivity contribution < 1.29 is 24.2 Å². The van der Waals surface area contributed by atoms with Gasteiger partial charge in [-0.1, -0.05) is 48.5 Å². The Morgan fingerprint density at radius 2 is 1.60 bits per heavy atom. The van der Waals surface area contributed by atoms with E-state index in [-0.39, 0.29) is 23.8 Å². The van der Waals surface area contributed by atoms with E-state index in [0.717, 1.165) is 22.3 Å². The number of benzene rings is 3. The number of fused-ring (bicyclic) bond motifs is 3. The molecule has 0 radical (unpaired) electrons. The minimum Gasteiger partial charge on any atom is -0.494 e. The quantitative estimate of drug-likeness (QED) is 0.595. The molecule has 0 saturated carbocycles. The van der Waals surface area contributed by atoms with Crippen LogP contribution in [-0.4, -0.2) is 30.4 Å². The zero-order chi connectivity index (χ0) is 21.1. The van der Waals surface area contributed by atoms with Gasteiger partial charge in [-0.15, -0.1) is 0 Å². The Kier molecular flexibility index (Phi) is 5.39. The fraction of sp³-hybridized carbons (Fsp3) is 0.167. The first-order valence-corrected chi connectivity index (χ1v) is 9.70. The van der Waals surface area contributed by atoms with Crippen molar-refractivity contribution in [1.82, 2.24) is 0 Å². The van der Waals surface area contributed by atoms with Crippen LogP contribution in [0.3, 0.4) is 0 Å². The van der Waals surface area contributed by atoms with Gasteiger partial charge < -0.3 is 14.6 Å². The number of hydrogen-bond donors (Lipinski definition) is 2. The molecule has 4 rings (SSSR count). The zero-order valence-electron chi connectivity index (χ0n) is 16.4. The standard InChI is InChI=1S/C24H21NO5/c1-2-29-15-11-12-22(20(13-15)23(26)27)25-24(28)30-14-21-18-9-5-3-7-16(18)17-8-4-6-10-19(17)21/h3-13,21H,2,14H2,1H3,(H,25,28)(H,26,27). The number of anilines is 1. The summed E-state index contributed by atoms with van der Waals surface area (Å²) in [7, 11) is 0. The predicted octanol–water partition coefficient (Wildman–Crippen LogP) is 5.14. The van der Waals surface area contributed by atoms with E-state index >= 15 is 0 Å². The van der Waals surface area contributed by atoms with Gasteiger partial charge in [0.2, 0.25) is 0 Å². The van der Waals surface area contributed by atoms with Crippen molar-refractivity contribution in [2.45, 2.75) is 12.8 Å². The third-order valence-corrected chi connectivity index (χ3v) is 5.11. The van der Waals surface area contributed by atoms with Crippen molar-refractivity contribution >= 4 is 17.7 Å². The van der Waals surface area contributed by atoms with E-state index in [0.29, 0.717) is 12.4 Å². The highest BCUT2D eigenvalue weighted by molar-refractivity contribution is 5.99. The summed E-state index contributed by atoms with van der Waals surface area (Å²) in [5.74, 6) is -0.805. The van der Waals surface area contributed by atoms with E-state index in [4.69, 9.17) is 9.47 Å². The first-order valence-electron chi connectivity index (χ1n) is 9.70. The fourth-order valence-corrected chi connectivity index (χ4v) is 3.81. The lowest BCUT2D eigenvalue weighted by atomic mass is 9.98. The molecule has 3 aromatic rings. The lowest BCUT2D eigenvalue weighted by molar-refractivity contribution is 0.0697. The second-order valence-electron chi connectivity index (χ2n) is 6.90. The van der Waals surface area contributed by atoms with E-state index in [1.807, 2.05) is 43.3 Å². The number of nitrogens with one attached hydrogen (secondary N) is 1. The number of carbonyl (C=O) groups is 2. The van der Waals surface area contributed by atoms with E-state index in [9.17, 15) is 14.7 Å². The molecule has 0 unspecified atom stereocenters.